The Morgan fingerprint density at radius 2 is 1.86 bits per heavy atom. The second kappa shape index (κ2) is 5.41. The molecule has 1 amide bonds. The first-order chi connectivity index (χ1) is 9.79. The summed E-state index contributed by atoms with van der Waals surface area (Å²) >= 11 is 0. The van der Waals surface area contributed by atoms with E-state index in [1.807, 2.05) is 0 Å². The number of benzene rings is 2. The van der Waals surface area contributed by atoms with Crippen LogP contribution in [-0.4, -0.2) is 14.3 Å². The first kappa shape index (κ1) is 14.8. The molecule has 0 aromatic heterocycles. The Morgan fingerprint density at radius 3 is 2.48 bits per heavy atom. The van der Waals surface area contributed by atoms with Gasteiger partial charge in [0.05, 0.1) is 0 Å². The van der Waals surface area contributed by atoms with Crippen molar-refractivity contribution in [1.29, 1.82) is 0 Å². The SMILES string of the molecule is NC(=O)c1cccc(NS(=O)(=O)c2ccc(N)cc2F)c1. The monoisotopic (exact) mass is 309 g/mol. The van der Waals surface area contributed by atoms with Crippen LogP contribution in [-0.2, 0) is 10.0 Å². The molecular weight excluding hydrogens is 297 g/mol. The molecule has 6 nitrogen and oxygen atoms in total. The molecule has 0 unspecified atom stereocenters. The molecule has 0 atom stereocenters. The number of amides is 1. The molecule has 8 heteroatoms. The number of nitrogens with one attached hydrogen (secondary N) is 1. The third-order valence-corrected chi connectivity index (χ3v) is 4.06. The predicted octanol–water partition coefficient (Wildman–Crippen LogP) is 1.31. The zero-order valence-corrected chi connectivity index (χ0v) is 11.5. The van der Waals surface area contributed by atoms with Gasteiger partial charge in [0, 0.05) is 16.9 Å². The van der Waals surface area contributed by atoms with E-state index in [-0.39, 0.29) is 16.9 Å². The minimum Gasteiger partial charge on any atom is -0.399 e. The Bertz CT molecular complexity index is 806. The van der Waals surface area contributed by atoms with Gasteiger partial charge in [-0.1, -0.05) is 6.07 Å². The number of primary amides is 1. The van der Waals surface area contributed by atoms with Crippen molar-refractivity contribution < 1.29 is 17.6 Å². The topological polar surface area (TPSA) is 115 Å². The number of hydrogen-bond donors (Lipinski definition) is 3. The highest BCUT2D eigenvalue weighted by atomic mass is 32.2. The number of hydrogen-bond acceptors (Lipinski definition) is 4. The van der Waals surface area contributed by atoms with Crippen LogP contribution in [0, 0.1) is 5.82 Å². The number of sulfonamides is 1. The highest BCUT2D eigenvalue weighted by molar-refractivity contribution is 7.92. The molecule has 5 N–H and O–H groups in total. The van der Waals surface area contributed by atoms with Crippen LogP contribution in [0.3, 0.4) is 0 Å². The van der Waals surface area contributed by atoms with E-state index >= 15 is 0 Å². The van der Waals surface area contributed by atoms with Crippen LogP contribution in [0.25, 0.3) is 0 Å². The second-order valence-corrected chi connectivity index (χ2v) is 5.89. The van der Waals surface area contributed by atoms with E-state index in [9.17, 15) is 17.6 Å². The molecule has 2 rings (SSSR count). The van der Waals surface area contributed by atoms with Crippen molar-refractivity contribution in [3.63, 3.8) is 0 Å². The minimum atomic E-state index is -4.14. The molecule has 0 saturated carbocycles. The molecular formula is C13H12FN3O3S. The lowest BCUT2D eigenvalue weighted by Crippen LogP contribution is -2.16. The standard InChI is InChI=1S/C13H12FN3O3S/c14-11-7-9(15)4-5-12(11)21(19,20)17-10-3-1-2-8(6-10)13(16)18/h1-7,17H,15H2,(H2,16,18). The summed E-state index contributed by atoms with van der Waals surface area (Å²) in [5.41, 5.74) is 10.8. The van der Waals surface area contributed by atoms with E-state index in [2.05, 4.69) is 4.72 Å². The maximum Gasteiger partial charge on any atom is 0.264 e. The van der Waals surface area contributed by atoms with Gasteiger partial charge in [-0.2, -0.15) is 0 Å². The Morgan fingerprint density at radius 1 is 1.14 bits per heavy atom. The van der Waals surface area contributed by atoms with E-state index in [0.717, 1.165) is 12.1 Å². The van der Waals surface area contributed by atoms with Gasteiger partial charge in [-0.3, -0.25) is 9.52 Å². The van der Waals surface area contributed by atoms with Crippen LogP contribution in [0.4, 0.5) is 15.8 Å². The number of nitrogen functional groups attached to an aromatic ring is 1. The van der Waals surface area contributed by atoms with Gasteiger partial charge in [-0.15, -0.1) is 0 Å². The van der Waals surface area contributed by atoms with E-state index in [4.69, 9.17) is 11.5 Å². The fraction of sp³-hybridized carbons (Fsp3) is 0. The number of carbonyl (C=O) groups is 1. The average Bonchev–Trinajstić information content (AvgIpc) is 2.37. The molecule has 110 valence electrons. The van der Waals surface area contributed by atoms with Gasteiger partial charge < -0.3 is 11.5 Å². The van der Waals surface area contributed by atoms with Gasteiger partial charge in [0.1, 0.15) is 10.7 Å². The largest absolute Gasteiger partial charge is 0.399 e. The van der Waals surface area contributed by atoms with Gasteiger partial charge in [-0.25, -0.2) is 12.8 Å². The molecule has 0 aliphatic rings. The van der Waals surface area contributed by atoms with Crippen LogP contribution in [0.5, 0.6) is 0 Å². The third-order valence-electron chi connectivity index (χ3n) is 2.64. The quantitative estimate of drug-likeness (QED) is 0.738. The Labute approximate surface area is 120 Å². The lowest BCUT2D eigenvalue weighted by Gasteiger charge is -2.10. The summed E-state index contributed by atoms with van der Waals surface area (Å²) in [5.74, 6) is -1.66. The molecule has 0 bridgehead atoms. The summed E-state index contributed by atoms with van der Waals surface area (Å²) in [4.78, 5) is 10.5. The van der Waals surface area contributed by atoms with E-state index in [1.54, 1.807) is 0 Å². The summed E-state index contributed by atoms with van der Waals surface area (Å²) in [6.07, 6.45) is 0. The number of halogens is 1. The van der Waals surface area contributed by atoms with Crippen LogP contribution in [0.2, 0.25) is 0 Å². The molecule has 0 aliphatic heterocycles. The smallest absolute Gasteiger partial charge is 0.264 e. The molecule has 0 heterocycles. The van der Waals surface area contributed by atoms with Crippen molar-refractivity contribution in [2.75, 3.05) is 10.5 Å². The van der Waals surface area contributed by atoms with Gasteiger partial charge >= 0.3 is 0 Å². The van der Waals surface area contributed by atoms with Crippen LogP contribution >= 0.6 is 0 Å². The Kier molecular flexibility index (Phi) is 3.81. The van der Waals surface area contributed by atoms with Crippen molar-refractivity contribution in [2.24, 2.45) is 5.73 Å². The molecule has 0 spiro atoms. The van der Waals surface area contributed by atoms with Crippen LogP contribution < -0.4 is 16.2 Å². The average molecular weight is 309 g/mol. The Balaban J connectivity index is 2.37. The number of rotatable bonds is 4. The van der Waals surface area contributed by atoms with Crippen molar-refractivity contribution in [3.05, 3.63) is 53.8 Å². The van der Waals surface area contributed by atoms with Gasteiger partial charge in [0.15, 0.2) is 0 Å². The fourth-order valence-electron chi connectivity index (χ4n) is 1.68. The maximum absolute atomic E-state index is 13.7. The molecule has 0 saturated heterocycles. The summed E-state index contributed by atoms with van der Waals surface area (Å²) in [7, 11) is -4.14. The molecule has 0 radical (unpaired) electrons. The van der Waals surface area contributed by atoms with Crippen molar-refractivity contribution in [1.82, 2.24) is 0 Å². The fourth-order valence-corrected chi connectivity index (χ4v) is 2.79. The zero-order chi connectivity index (χ0) is 15.6. The Hall–Kier alpha value is -2.61. The number of carbonyl (C=O) groups excluding carboxylic acids is 1. The first-order valence-corrected chi connectivity index (χ1v) is 7.25. The maximum atomic E-state index is 13.7. The van der Waals surface area contributed by atoms with Gasteiger partial charge in [-0.05, 0) is 36.4 Å². The molecule has 2 aromatic carbocycles. The molecule has 2 aromatic rings. The molecule has 21 heavy (non-hydrogen) atoms. The van der Waals surface area contributed by atoms with E-state index in [1.165, 1.54) is 30.3 Å². The van der Waals surface area contributed by atoms with Crippen molar-refractivity contribution in [2.45, 2.75) is 4.90 Å². The van der Waals surface area contributed by atoms with Crippen molar-refractivity contribution in [3.8, 4) is 0 Å². The molecule has 0 aliphatic carbocycles. The number of anilines is 2. The normalized spacial score (nSPS) is 11.1. The second-order valence-electron chi connectivity index (χ2n) is 4.24. The van der Waals surface area contributed by atoms with Crippen LogP contribution in [0.15, 0.2) is 47.4 Å². The van der Waals surface area contributed by atoms with Gasteiger partial charge in [0.25, 0.3) is 10.0 Å². The lowest BCUT2D eigenvalue weighted by molar-refractivity contribution is 0.100. The van der Waals surface area contributed by atoms with Gasteiger partial charge in [0.2, 0.25) is 5.91 Å². The first-order valence-electron chi connectivity index (χ1n) is 5.77. The summed E-state index contributed by atoms with van der Waals surface area (Å²) in [6, 6.07) is 8.81. The molecule has 0 fully saturated rings. The van der Waals surface area contributed by atoms with Crippen molar-refractivity contribution >= 4 is 27.3 Å². The van der Waals surface area contributed by atoms with E-state index in [0.29, 0.717) is 0 Å². The van der Waals surface area contributed by atoms with E-state index < -0.39 is 26.6 Å². The lowest BCUT2D eigenvalue weighted by atomic mass is 10.2. The summed E-state index contributed by atoms with van der Waals surface area (Å²) in [6.45, 7) is 0. The van der Waals surface area contributed by atoms with Crippen LogP contribution in [0.1, 0.15) is 10.4 Å². The summed E-state index contributed by atoms with van der Waals surface area (Å²) < 4.78 is 40.1. The highest BCUT2D eigenvalue weighted by Crippen LogP contribution is 2.21. The minimum absolute atomic E-state index is 0.0996. The highest BCUT2D eigenvalue weighted by Gasteiger charge is 2.19. The summed E-state index contributed by atoms with van der Waals surface area (Å²) in [5, 5.41) is 0. The number of nitrogens with two attached hydrogens (primary N) is 2. The zero-order valence-electron chi connectivity index (χ0n) is 10.7. The predicted molar refractivity (Wildman–Crippen MR) is 76.6 cm³/mol. The third kappa shape index (κ3) is 3.29.